The maximum Gasteiger partial charge on any atom is 0.416 e. The van der Waals surface area contributed by atoms with Crippen molar-refractivity contribution in [3.05, 3.63) is 203 Å². The lowest BCUT2D eigenvalue weighted by Gasteiger charge is -2.52. The predicted octanol–water partition coefficient (Wildman–Crippen LogP) is 14.2. The van der Waals surface area contributed by atoms with Crippen LogP contribution in [0.25, 0.3) is 0 Å². The van der Waals surface area contributed by atoms with Crippen LogP contribution in [-0.2, 0) is 67.7 Å². The smallest absolute Gasteiger partial charge is 0.416 e. The molecule has 6 atom stereocenters. The molecule has 1 amide bonds. The predicted molar refractivity (Wildman–Crippen MR) is 275 cm³/mol. The van der Waals surface area contributed by atoms with Gasteiger partial charge >= 0.3 is 30.8 Å². The molecular weight excluding hydrogens is 1100 g/mol. The number of amides is 1. The molecule has 12 nitrogen and oxygen atoms in total. The van der Waals surface area contributed by atoms with Crippen molar-refractivity contribution < 1.29 is 71.7 Å². The van der Waals surface area contributed by atoms with Crippen LogP contribution < -0.4 is 5.32 Å². The van der Waals surface area contributed by atoms with Gasteiger partial charge in [0.1, 0.15) is 31.9 Å². The van der Waals surface area contributed by atoms with Crippen molar-refractivity contribution in [1.29, 1.82) is 0 Å². The van der Waals surface area contributed by atoms with Crippen LogP contribution in [0.4, 0.5) is 57.5 Å². The molecule has 2 aromatic heterocycles. The van der Waals surface area contributed by atoms with Crippen molar-refractivity contribution in [2.75, 3.05) is 26.3 Å². The molecule has 0 bridgehead atoms. The molecule has 0 spiro atoms. The van der Waals surface area contributed by atoms with Gasteiger partial charge in [0.15, 0.2) is 0 Å². The average Bonchev–Trinajstić information content (AvgIpc) is 2.46. The topological polar surface area (TPSA) is 121 Å². The third kappa shape index (κ3) is 13.9. The molecule has 4 heterocycles. The molecule has 5 aromatic carbocycles. The maximum absolute atomic E-state index is 14.0. The summed E-state index contributed by atoms with van der Waals surface area (Å²) in [5.41, 5.74) is -6.57. The first kappa shape index (κ1) is 60.8. The van der Waals surface area contributed by atoms with Crippen LogP contribution in [0.2, 0.25) is 0 Å². The van der Waals surface area contributed by atoms with Gasteiger partial charge in [-0.15, -0.1) is 20.4 Å². The molecule has 7 aromatic rings. The molecule has 9 rings (SSSR count). The Hall–Kier alpha value is -7.31. The van der Waals surface area contributed by atoms with Crippen molar-refractivity contribution in [2.45, 2.75) is 119 Å². The van der Waals surface area contributed by atoms with Gasteiger partial charge in [-0.1, -0.05) is 91.0 Å². The monoisotopic (exact) mass is 1160 g/mol. The van der Waals surface area contributed by atoms with E-state index < -0.39 is 81.9 Å². The van der Waals surface area contributed by atoms with E-state index in [9.17, 15) is 57.5 Å². The summed E-state index contributed by atoms with van der Waals surface area (Å²) in [4.78, 5) is 15.5. The average molecular weight is 1160 g/mol. The number of likely N-dealkylation sites (tertiary alicyclic amines) is 1. The number of ether oxygens (including phenoxy) is 3. The lowest BCUT2D eigenvalue weighted by molar-refractivity contribution is -0.145. The molecular formula is C58H58F12N8O4. The highest BCUT2D eigenvalue weighted by atomic mass is 19.4. The van der Waals surface area contributed by atoms with Crippen LogP contribution in [0.3, 0.4) is 0 Å². The van der Waals surface area contributed by atoms with Crippen LogP contribution in [0.15, 0.2) is 153 Å². The van der Waals surface area contributed by atoms with Gasteiger partial charge < -0.3 is 28.7 Å². The maximum atomic E-state index is 14.0. The molecule has 2 aliphatic rings. The fraction of sp³-hybridized carbons (Fsp3) is 0.397. The normalized spacial score (nSPS) is 22.4. The van der Waals surface area contributed by atoms with Gasteiger partial charge in [0.05, 0.1) is 69.8 Å². The van der Waals surface area contributed by atoms with E-state index in [0.29, 0.717) is 62.1 Å². The van der Waals surface area contributed by atoms with E-state index in [0.717, 1.165) is 11.1 Å². The third-order valence-electron chi connectivity index (χ3n) is 15.4. The zero-order chi connectivity index (χ0) is 59.4. The Bertz CT molecular complexity index is 3130. The number of alkyl halides is 12. The zero-order valence-electron chi connectivity index (χ0n) is 44.8. The third-order valence-corrected chi connectivity index (χ3v) is 15.4. The molecule has 82 heavy (non-hydrogen) atoms. The van der Waals surface area contributed by atoms with Gasteiger partial charge in [-0.3, -0.25) is 4.90 Å². The second-order valence-electron chi connectivity index (χ2n) is 21.1. The Balaban J connectivity index is 0.000000221. The number of nitrogens with zero attached hydrogens (tertiary/aromatic N) is 7. The number of hydrogen-bond donors (Lipinski definition) is 1. The van der Waals surface area contributed by atoms with Crippen LogP contribution in [-0.4, -0.2) is 66.8 Å². The quantitative estimate of drug-likeness (QED) is 0.106. The first-order valence-electron chi connectivity index (χ1n) is 25.9. The summed E-state index contributed by atoms with van der Waals surface area (Å²) in [6, 6.07) is 30.5. The number of rotatable bonds is 14. The second kappa shape index (κ2) is 23.9. The summed E-state index contributed by atoms with van der Waals surface area (Å²) in [7, 11) is 0. The molecule has 0 aliphatic carbocycles. The first-order valence-corrected chi connectivity index (χ1v) is 25.9. The van der Waals surface area contributed by atoms with Crippen molar-refractivity contribution in [1.82, 2.24) is 39.7 Å². The molecule has 0 radical (unpaired) electrons. The summed E-state index contributed by atoms with van der Waals surface area (Å²) in [6.07, 6.45) is -14.2. The number of aromatic nitrogens is 6. The standard InChI is InChI=1S/C33H32F6N4O3.C25H26F6N4O/c1-23(25-15-27(32(34,35)36)17-28(16-25)33(37,38)39)46-20-31(26-11-7-4-8-12-26)14-13-30(2,42-21-40-41-22-42)19-43(31)29(44)45-18-24-9-5-3-6-10-24;1-17(18-10-20(24(26,27)28)12-21(11-18)25(29,30)31)36-14-23(19-6-4-3-5-7-19)9-8-22(2,13-32-23)35-15-33-34-16-35/h3-12,15-17,21-23H,13-14,18-20H2,1-2H3;3-7,10-12,15-17,32H,8-9,13-14H2,1-2H3/t23-,30-,31-;17-,22-,23-/m11/s1. The van der Waals surface area contributed by atoms with Gasteiger partial charge in [0.25, 0.3) is 0 Å². The number of piperidine rings is 2. The van der Waals surface area contributed by atoms with Crippen LogP contribution >= 0.6 is 0 Å². The molecule has 438 valence electrons. The van der Waals surface area contributed by atoms with Gasteiger partial charge in [-0.2, -0.15) is 52.7 Å². The number of carbonyl (C=O) groups excluding carboxylic acids is 1. The molecule has 0 unspecified atom stereocenters. The largest absolute Gasteiger partial charge is 0.445 e. The van der Waals surface area contributed by atoms with Crippen LogP contribution in [0, 0.1) is 0 Å². The zero-order valence-corrected chi connectivity index (χ0v) is 44.8. The summed E-state index contributed by atoms with van der Waals surface area (Å²) in [5, 5.41) is 19.1. The fourth-order valence-electron chi connectivity index (χ4n) is 10.3. The minimum Gasteiger partial charge on any atom is -0.445 e. The van der Waals surface area contributed by atoms with Crippen molar-refractivity contribution in [3.8, 4) is 0 Å². The Morgan fingerprint density at radius 3 is 1.37 bits per heavy atom. The van der Waals surface area contributed by atoms with Gasteiger partial charge in [0.2, 0.25) is 0 Å². The van der Waals surface area contributed by atoms with E-state index in [1.807, 2.05) is 72.2 Å². The van der Waals surface area contributed by atoms with Crippen molar-refractivity contribution >= 4 is 6.09 Å². The molecule has 2 saturated heterocycles. The highest BCUT2D eigenvalue weighted by molar-refractivity contribution is 5.70. The van der Waals surface area contributed by atoms with Crippen molar-refractivity contribution in [3.63, 3.8) is 0 Å². The number of hydrogen-bond acceptors (Lipinski definition) is 9. The highest BCUT2D eigenvalue weighted by Crippen LogP contribution is 2.47. The van der Waals surface area contributed by atoms with Crippen LogP contribution in [0.1, 0.15) is 116 Å². The number of halogens is 12. The van der Waals surface area contributed by atoms with E-state index in [1.165, 1.54) is 18.7 Å². The van der Waals surface area contributed by atoms with E-state index >= 15 is 0 Å². The fourth-order valence-corrected chi connectivity index (χ4v) is 10.3. The number of carbonyl (C=O) groups is 1. The second-order valence-corrected chi connectivity index (χ2v) is 21.1. The Labute approximate surface area is 464 Å². The van der Waals surface area contributed by atoms with E-state index in [4.69, 9.17) is 14.2 Å². The molecule has 2 aliphatic heterocycles. The van der Waals surface area contributed by atoms with E-state index in [-0.39, 0.29) is 55.2 Å². The van der Waals surface area contributed by atoms with Crippen LogP contribution in [0.5, 0.6) is 0 Å². The summed E-state index contributed by atoms with van der Waals surface area (Å²) < 4.78 is 183. The number of nitrogens with one attached hydrogen (secondary N) is 1. The van der Waals surface area contributed by atoms with Crippen molar-refractivity contribution in [2.24, 2.45) is 0 Å². The molecule has 0 saturated carbocycles. The lowest BCUT2D eigenvalue weighted by Crippen LogP contribution is -2.61. The van der Waals surface area contributed by atoms with E-state index in [1.54, 1.807) is 60.2 Å². The summed E-state index contributed by atoms with van der Waals surface area (Å²) >= 11 is 0. The SMILES string of the molecule is C[C@@H](OC[C@@]1(c2ccccc2)CC[C@@](C)(n2cnnc2)CN1)c1cc(C(F)(F)F)cc(C(F)(F)F)c1.C[C@@H](OC[C@@]1(c2ccccc2)CC[C@@](C)(n2cnnc2)CN1C(=O)OCc1ccccc1)c1cc(C(F)(F)F)cc(C(F)(F)F)c1. The highest BCUT2D eigenvalue weighted by Gasteiger charge is 2.52. The van der Waals surface area contributed by atoms with E-state index in [2.05, 4.69) is 32.6 Å². The minimum absolute atomic E-state index is 0.0217. The Morgan fingerprint density at radius 1 is 0.537 bits per heavy atom. The molecule has 24 heteroatoms. The minimum atomic E-state index is -5.00. The van der Waals surface area contributed by atoms with Gasteiger partial charge in [0, 0.05) is 13.1 Å². The lowest BCUT2D eigenvalue weighted by atomic mass is 9.75. The Morgan fingerprint density at radius 2 is 0.939 bits per heavy atom. The first-order chi connectivity index (χ1) is 38.5. The molecule has 1 N–H and O–H groups in total. The van der Waals surface area contributed by atoms with Gasteiger partial charge in [-0.05, 0) is 118 Å². The Kier molecular flexibility index (Phi) is 17.7. The summed E-state index contributed by atoms with van der Waals surface area (Å²) in [5.74, 6) is 0. The number of benzene rings is 5. The molecule has 2 fully saturated rings. The van der Waals surface area contributed by atoms with Gasteiger partial charge in [-0.25, -0.2) is 4.79 Å². The summed E-state index contributed by atoms with van der Waals surface area (Å²) in [6.45, 7) is 7.27.